The molecule has 2 aliphatic heterocycles. The maximum atomic E-state index is 12.7. The number of aromatic nitrogens is 2. The number of aryl methyl sites for hydroxylation is 2. The Morgan fingerprint density at radius 3 is 2.24 bits per heavy atom. The van der Waals surface area contributed by atoms with Crippen LogP contribution in [0.25, 0.3) is 0 Å². The largest absolute Gasteiger partial charge is 0.490 e. The molecular formula is C30H32ClF6N7O5. The van der Waals surface area contributed by atoms with Gasteiger partial charge >= 0.3 is 30.3 Å². The number of halogens is 7. The van der Waals surface area contributed by atoms with Crippen LogP contribution in [-0.2, 0) is 22.4 Å². The van der Waals surface area contributed by atoms with Gasteiger partial charge in [-0.1, -0.05) is 23.7 Å². The highest BCUT2D eigenvalue weighted by atomic mass is 35.5. The molecule has 2 aromatic carbocycles. The Labute approximate surface area is 280 Å². The molecule has 2 aliphatic rings. The first-order chi connectivity index (χ1) is 22.9. The summed E-state index contributed by atoms with van der Waals surface area (Å²) in [4.78, 5) is 41.7. The van der Waals surface area contributed by atoms with Gasteiger partial charge in [0.15, 0.2) is 5.82 Å². The molecule has 1 saturated heterocycles. The number of fused-ring (bicyclic) bond motifs is 6. The second-order valence-electron chi connectivity index (χ2n) is 10.8. The number of alkyl halides is 6. The predicted molar refractivity (Wildman–Crippen MR) is 169 cm³/mol. The van der Waals surface area contributed by atoms with Crippen LogP contribution < -0.4 is 21.3 Å². The van der Waals surface area contributed by atoms with E-state index in [-0.39, 0.29) is 6.03 Å². The monoisotopic (exact) mass is 719 g/mol. The van der Waals surface area contributed by atoms with Crippen molar-refractivity contribution in [1.29, 1.82) is 0 Å². The number of carbonyl (C=O) groups excluding carboxylic acids is 1. The number of hydrogen-bond donors (Lipinski definition) is 6. The van der Waals surface area contributed by atoms with Crippen molar-refractivity contribution >= 4 is 58.4 Å². The standard InChI is InChI=1S/C26H30ClN7O.2C2HF3O2/c1-34-13-3-6-21(34)11-12-28-26(35)32-23-10-9-20-15-18(23)8-7-17-4-2-5-19(14-17)31-25-29-16-22(27)24(30-20)33-25;2*3-2(4,5)1(6)7/h2,4-5,9-10,14-16,21H,3,6-8,11-13H2,1H3,(H2,28,32,35)(H2,29,30,31,33);2*(H,6,7). The van der Waals surface area contributed by atoms with Crippen LogP contribution in [0.4, 0.5) is 60.0 Å². The summed E-state index contributed by atoms with van der Waals surface area (Å²) < 4.78 is 63.5. The fourth-order valence-corrected chi connectivity index (χ4v) is 4.87. The molecule has 1 fully saturated rings. The number of nitrogens with one attached hydrogen (secondary N) is 4. The zero-order chi connectivity index (χ0) is 36.4. The molecule has 0 spiro atoms. The van der Waals surface area contributed by atoms with Crippen molar-refractivity contribution in [3.05, 3.63) is 64.8 Å². The Balaban J connectivity index is 0.000000392. The van der Waals surface area contributed by atoms with Crippen LogP contribution in [-0.4, -0.2) is 81.6 Å². The van der Waals surface area contributed by atoms with Gasteiger partial charge in [0, 0.05) is 29.6 Å². The van der Waals surface area contributed by atoms with Gasteiger partial charge in [0.25, 0.3) is 0 Å². The Morgan fingerprint density at radius 2 is 1.63 bits per heavy atom. The summed E-state index contributed by atoms with van der Waals surface area (Å²) in [6.07, 6.45) is -3.61. The van der Waals surface area contributed by atoms with E-state index in [0.717, 1.165) is 48.4 Å². The van der Waals surface area contributed by atoms with E-state index >= 15 is 0 Å². The van der Waals surface area contributed by atoms with Gasteiger partial charge in [-0.15, -0.1) is 0 Å². The number of carboxylic acids is 2. The van der Waals surface area contributed by atoms with Crippen LogP contribution in [0.3, 0.4) is 0 Å². The summed E-state index contributed by atoms with van der Waals surface area (Å²) in [7, 11) is 2.15. The minimum atomic E-state index is -5.08. The van der Waals surface area contributed by atoms with Gasteiger partial charge < -0.3 is 36.4 Å². The number of carbonyl (C=O) groups is 3. The lowest BCUT2D eigenvalue weighted by molar-refractivity contribution is -0.193. The van der Waals surface area contributed by atoms with Gasteiger partial charge in [-0.05, 0) is 87.2 Å². The van der Waals surface area contributed by atoms with Crippen molar-refractivity contribution in [2.24, 2.45) is 0 Å². The van der Waals surface area contributed by atoms with Gasteiger partial charge in [-0.2, -0.15) is 31.3 Å². The minimum absolute atomic E-state index is 0.180. The van der Waals surface area contributed by atoms with Crippen LogP contribution in [0.1, 0.15) is 30.4 Å². The Bertz CT molecular complexity index is 1600. The highest BCUT2D eigenvalue weighted by Gasteiger charge is 2.38. The molecule has 6 bridgehead atoms. The van der Waals surface area contributed by atoms with Gasteiger partial charge in [0.1, 0.15) is 5.02 Å². The molecule has 266 valence electrons. The summed E-state index contributed by atoms with van der Waals surface area (Å²) >= 11 is 6.35. The third-order valence-electron chi connectivity index (χ3n) is 7.15. The number of rotatable bonds is 4. The Kier molecular flexibility index (Phi) is 13.4. The first-order valence-corrected chi connectivity index (χ1v) is 14.9. The molecule has 1 aromatic heterocycles. The number of urea groups is 1. The summed E-state index contributed by atoms with van der Waals surface area (Å²) in [5, 5.41) is 27.3. The van der Waals surface area contributed by atoms with Crippen molar-refractivity contribution in [3.63, 3.8) is 0 Å². The maximum absolute atomic E-state index is 12.7. The molecule has 0 radical (unpaired) electrons. The third-order valence-corrected chi connectivity index (χ3v) is 7.42. The molecule has 12 nitrogen and oxygen atoms in total. The normalized spacial score (nSPS) is 15.6. The number of benzene rings is 2. The molecule has 3 aromatic rings. The number of amides is 2. The van der Waals surface area contributed by atoms with Crippen LogP contribution >= 0.6 is 11.6 Å². The van der Waals surface area contributed by atoms with E-state index in [9.17, 15) is 31.1 Å². The fourth-order valence-electron chi connectivity index (χ4n) is 4.73. The first kappa shape index (κ1) is 38.6. The van der Waals surface area contributed by atoms with E-state index in [4.69, 9.17) is 31.4 Å². The van der Waals surface area contributed by atoms with Crippen molar-refractivity contribution in [2.45, 2.75) is 50.5 Å². The second kappa shape index (κ2) is 17.0. The molecule has 6 N–H and O–H groups in total. The first-order valence-electron chi connectivity index (χ1n) is 14.6. The van der Waals surface area contributed by atoms with Crippen molar-refractivity contribution in [2.75, 3.05) is 36.1 Å². The van der Waals surface area contributed by atoms with E-state index in [1.807, 2.05) is 30.3 Å². The van der Waals surface area contributed by atoms with E-state index in [0.29, 0.717) is 29.4 Å². The number of anilines is 5. The topological polar surface area (TPSA) is 169 Å². The number of aliphatic carboxylic acids is 2. The average molecular weight is 720 g/mol. The smallest absolute Gasteiger partial charge is 0.475 e. The Morgan fingerprint density at radius 1 is 0.980 bits per heavy atom. The lowest BCUT2D eigenvalue weighted by atomic mass is 10.0. The van der Waals surface area contributed by atoms with Gasteiger partial charge in [-0.3, -0.25) is 0 Å². The van der Waals surface area contributed by atoms with Crippen molar-refractivity contribution in [3.8, 4) is 0 Å². The SMILES string of the molecule is CN1CCCC1CCNC(=O)Nc1ccc2cc1CCc1cccc(c1)Nc1ncc(Cl)c(n1)N2.O=C(O)C(F)(F)F.O=C(O)C(F)(F)F. The summed E-state index contributed by atoms with van der Waals surface area (Å²) in [5.74, 6) is -4.53. The van der Waals surface area contributed by atoms with Crippen LogP contribution in [0.2, 0.25) is 5.02 Å². The molecule has 1 unspecified atom stereocenters. The summed E-state index contributed by atoms with van der Waals surface area (Å²) in [6, 6.07) is 14.4. The van der Waals surface area contributed by atoms with Gasteiger partial charge in [-0.25, -0.2) is 19.4 Å². The van der Waals surface area contributed by atoms with E-state index in [2.05, 4.69) is 55.3 Å². The quantitative estimate of drug-likeness (QED) is 0.162. The maximum Gasteiger partial charge on any atom is 0.490 e. The molecular weight excluding hydrogens is 688 g/mol. The molecule has 5 rings (SSSR count). The predicted octanol–water partition coefficient (Wildman–Crippen LogP) is 6.59. The van der Waals surface area contributed by atoms with Gasteiger partial charge in [0.05, 0.1) is 6.20 Å². The molecule has 0 aliphatic carbocycles. The summed E-state index contributed by atoms with van der Waals surface area (Å²) in [6.45, 7) is 1.80. The fraction of sp³-hybridized carbons (Fsp3) is 0.367. The van der Waals surface area contributed by atoms with Crippen LogP contribution in [0, 0.1) is 0 Å². The zero-order valence-electron chi connectivity index (χ0n) is 25.8. The number of likely N-dealkylation sites (tertiary alicyclic amines) is 1. The van der Waals surface area contributed by atoms with Crippen LogP contribution in [0.15, 0.2) is 48.7 Å². The highest BCUT2D eigenvalue weighted by molar-refractivity contribution is 6.32. The van der Waals surface area contributed by atoms with Crippen LogP contribution in [0.5, 0.6) is 0 Å². The molecule has 0 saturated carbocycles. The third kappa shape index (κ3) is 12.6. The van der Waals surface area contributed by atoms with E-state index in [1.54, 1.807) is 6.20 Å². The molecule has 49 heavy (non-hydrogen) atoms. The van der Waals surface area contributed by atoms with E-state index < -0.39 is 24.3 Å². The van der Waals surface area contributed by atoms with E-state index in [1.165, 1.54) is 18.4 Å². The molecule has 19 heteroatoms. The molecule has 2 amide bonds. The average Bonchev–Trinajstić information content (AvgIpc) is 3.42. The zero-order valence-corrected chi connectivity index (χ0v) is 26.5. The number of hydrogen-bond acceptors (Lipinski definition) is 8. The minimum Gasteiger partial charge on any atom is -0.475 e. The van der Waals surface area contributed by atoms with Crippen molar-refractivity contribution < 1.29 is 50.9 Å². The number of carboxylic acid groups (broad SMARTS) is 2. The Hall–Kier alpha value is -4.84. The number of nitrogens with zero attached hydrogens (tertiary/aromatic N) is 3. The lowest BCUT2D eigenvalue weighted by Crippen LogP contribution is -2.34. The van der Waals surface area contributed by atoms with Crippen molar-refractivity contribution in [1.82, 2.24) is 20.2 Å². The second-order valence-corrected chi connectivity index (χ2v) is 11.2. The summed E-state index contributed by atoms with van der Waals surface area (Å²) in [5.41, 5.74) is 4.76. The lowest BCUT2D eigenvalue weighted by Gasteiger charge is -2.19. The highest BCUT2D eigenvalue weighted by Crippen LogP contribution is 2.29. The molecule has 1 atom stereocenters. The molecule has 3 heterocycles. The van der Waals surface area contributed by atoms with Gasteiger partial charge in [0.2, 0.25) is 5.95 Å².